The summed E-state index contributed by atoms with van der Waals surface area (Å²) in [6.45, 7) is 0.377. The molecule has 3 aromatic rings. The Morgan fingerprint density at radius 3 is 2.23 bits per heavy atom. The number of anilines is 1. The van der Waals surface area contributed by atoms with E-state index in [1.165, 1.54) is 6.21 Å². The van der Waals surface area contributed by atoms with Gasteiger partial charge < -0.3 is 19.9 Å². The number of nitrogens with two attached hydrogens (primary N) is 1. The maximum absolute atomic E-state index is 12.1. The zero-order valence-corrected chi connectivity index (χ0v) is 17.5. The first-order valence-electron chi connectivity index (χ1n) is 9.68. The molecule has 0 unspecified atom stereocenters. The Balaban J connectivity index is 1.66. The highest BCUT2D eigenvalue weighted by atomic mass is 16.5. The number of rotatable bonds is 9. The van der Waals surface area contributed by atoms with Crippen molar-refractivity contribution in [2.75, 3.05) is 20.0 Å². The lowest BCUT2D eigenvalue weighted by molar-refractivity contribution is -0.120. The Hall–Kier alpha value is -4.00. The summed E-state index contributed by atoms with van der Waals surface area (Å²) in [6.07, 6.45) is 1.73. The second-order valence-electron chi connectivity index (χ2n) is 6.74. The molecule has 0 bridgehead atoms. The third-order valence-corrected chi connectivity index (χ3v) is 4.46. The molecule has 0 aromatic heterocycles. The van der Waals surface area contributed by atoms with E-state index in [1.54, 1.807) is 38.5 Å². The fourth-order valence-corrected chi connectivity index (χ4v) is 2.89. The van der Waals surface area contributed by atoms with Gasteiger partial charge in [0.25, 0.3) is 0 Å². The second kappa shape index (κ2) is 10.7. The van der Waals surface area contributed by atoms with Crippen LogP contribution >= 0.6 is 0 Å². The van der Waals surface area contributed by atoms with Crippen LogP contribution in [0.3, 0.4) is 0 Å². The summed E-state index contributed by atoms with van der Waals surface area (Å²) in [5, 5.41) is 4.03. The van der Waals surface area contributed by atoms with E-state index in [0.29, 0.717) is 35.1 Å². The van der Waals surface area contributed by atoms with Crippen LogP contribution < -0.4 is 25.4 Å². The minimum atomic E-state index is -0.234. The number of benzene rings is 3. The van der Waals surface area contributed by atoms with Crippen LogP contribution in [0.25, 0.3) is 0 Å². The van der Waals surface area contributed by atoms with Crippen molar-refractivity contribution >= 4 is 17.8 Å². The molecule has 0 spiro atoms. The summed E-state index contributed by atoms with van der Waals surface area (Å²) in [5.74, 6) is 1.27. The molecule has 1 amide bonds. The van der Waals surface area contributed by atoms with Crippen LogP contribution in [-0.2, 0) is 17.8 Å². The van der Waals surface area contributed by atoms with Gasteiger partial charge in [0.15, 0.2) is 11.5 Å². The molecule has 0 aliphatic heterocycles. The van der Waals surface area contributed by atoms with Gasteiger partial charge in [-0.15, -0.1) is 0 Å². The molecule has 3 rings (SSSR count). The van der Waals surface area contributed by atoms with Crippen LogP contribution in [0.5, 0.6) is 17.2 Å². The van der Waals surface area contributed by atoms with Gasteiger partial charge in [-0.25, -0.2) is 5.43 Å². The van der Waals surface area contributed by atoms with E-state index in [1.807, 2.05) is 42.5 Å². The van der Waals surface area contributed by atoms with Crippen molar-refractivity contribution in [1.82, 2.24) is 5.43 Å². The lowest BCUT2D eigenvalue weighted by Gasteiger charge is -2.15. The van der Waals surface area contributed by atoms with Gasteiger partial charge >= 0.3 is 0 Å². The molecule has 0 heterocycles. The monoisotopic (exact) mass is 419 g/mol. The SMILES string of the molecule is COc1cc(/C=N\NC(=O)Cc2ccc(N)cc2)cc(OC)c1OCc1ccccc1. The average Bonchev–Trinajstić information content (AvgIpc) is 2.79. The summed E-state index contributed by atoms with van der Waals surface area (Å²) in [4.78, 5) is 12.1. The summed E-state index contributed by atoms with van der Waals surface area (Å²) in [7, 11) is 3.11. The maximum atomic E-state index is 12.1. The molecule has 0 fully saturated rings. The average molecular weight is 419 g/mol. The van der Waals surface area contributed by atoms with Crippen molar-refractivity contribution in [2.24, 2.45) is 5.10 Å². The van der Waals surface area contributed by atoms with Crippen LogP contribution in [-0.4, -0.2) is 26.3 Å². The standard InChI is InChI=1S/C24H25N3O4/c1-29-21-12-19(15-26-27-23(28)14-17-8-10-20(25)11-9-17)13-22(30-2)24(21)31-16-18-6-4-3-5-7-18/h3-13,15H,14,16,25H2,1-2H3,(H,27,28)/b26-15-. The van der Waals surface area contributed by atoms with Gasteiger partial charge in [0.05, 0.1) is 26.9 Å². The zero-order valence-electron chi connectivity index (χ0n) is 17.5. The van der Waals surface area contributed by atoms with Gasteiger partial charge in [-0.05, 0) is 35.4 Å². The van der Waals surface area contributed by atoms with Crippen molar-refractivity contribution in [3.05, 3.63) is 83.4 Å². The molecular weight excluding hydrogens is 394 g/mol. The van der Waals surface area contributed by atoms with E-state index < -0.39 is 0 Å². The number of nitrogens with zero attached hydrogens (tertiary/aromatic N) is 1. The van der Waals surface area contributed by atoms with Crippen LogP contribution in [0.15, 0.2) is 71.8 Å². The van der Waals surface area contributed by atoms with E-state index in [2.05, 4.69) is 10.5 Å². The van der Waals surface area contributed by atoms with E-state index in [0.717, 1.165) is 11.1 Å². The zero-order chi connectivity index (χ0) is 22.1. The first kappa shape index (κ1) is 21.7. The summed E-state index contributed by atoms with van der Waals surface area (Å²) in [5.41, 5.74) is 11.4. The Bertz CT molecular complexity index is 1010. The largest absolute Gasteiger partial charge is 0.493 e. The topological polar surface area (TPSA) is 95.2 Å². The number of carbonyl (C=O) groups excluding carboxylic acids is 1. The predicted molar refractivity (Wildman–Crippen MR) is 121 cm³/mol. The first-order valence-corrected chi connectivity index (χ1v) is 9.68. The predicted octanol–water partition coefficient (Wildman–Crippen LogP) is 3.56. The third-order valence-electron chi connectivity index (χ3n) is 4.46. The number of nitrogen functional groups attached to an aromatic ring is 1. The van der Waals surface area contributed by atoms with Crippen LogP contribution in [0.4, 0.5) is 5.69 Å². The van der Waals surface area contributed by atoms with Crippen molar-refractivity contribution in [1.29, 1.82) is 0 Å². The molecule has 7 nitrogen and oxygen atoms in total. The van der Waals surface area contributed by atoms with E-state index in [9.17, 15) is 4.79 Å². The van der Waals surface area contributed by atoms with Crippen LogP contribution in [0.2, 0.25) is 0 Å². The molecule has 3 N–H and O–H groups in total. The number of ether oxygens (including phenoxy) is 3. The number of amides is 1. The summed E-state index contributed by atoms with van der Waals surface area (Å²) >= 11 is 0. The van der Waals surface area contributed by atoms with Crippen molar-refractivity contribution < 1.29 is 19.0 Å². The molecule has 160 valence electrons. The number of methoxy groups -OCH3 is 2. The third kappa shape index (κ3) is 6.24. The molecule has 0 aliphatic rings. The van der Waals surface area contributed by atoms with Gasteiger partial charge in [-0.1, -0.05) is 42.5 Å². The summed E-state index contributed by atoms with van der Waals surface area (Å²) in [6, 6.07) is 20.5. The number of hydrogen-bond acceptors (Lipinski definition) is 6. The van der Waals surface area contributed by atoms with Gasteiger partial charge in [-0.2, -0.15) is 5.10 Å². The summed E-state index contributed by atoms with van der Waals surface area (Å²) < 4.78 is 16.9. The smallest absolute Gasteiger partial charge is 0.244 e. The Morgan fingerprint density at radius 2 is 1.61 bits per heavy atom. The Labute approximate surface area is 181 Å². The molecular formula is C24H25N3O4. The highest BCUT2D eigenvalue weighted by molar-refractivity contribution is 5.85. The van der Waals surface area contributed by atoms with Crippen molar-refractivity contribution in [2.45, 2.75) is 13.0 Å². The van der Waals surface area contributed by atoms with Crippen molar-refractivity contribution in [3.8, 4) is 17.2 Å². The van der Waals surface area contributed by atoms with Gasteiger partial charge in [0.2, 0.25) is 11.7 Å². The molecule has 0 aliphatic carbocycles. The quantitative estimate of drug-likeness (QED) is 0.314. The lowest BCUT2D eigenvalue weighted by atomic mass is 10.1. The Kier molecular flexibility index (Phi) is 7.48. The molecule has 0 saturated carbocycles. The number of carbonyl (C=O) groups is 1. The normalized spacial score (nSPS) is 10.6. The maximum Gasteiger partial charge on any atom is 0.244 e. The van der Waals surface area contributed by atoms with Gasteiger partial charge in [0.1, 0.15) is 6.61 Å². The molecule has 3 aromatic carbocycles. The minimum absolute atomic E-state index is 0.205. The minimum Gasteiger partial charge on any atom is -0.493 e. The van der Waals surface area contributed by atoms with Gasteiger partial charge in [-0.3, -0.25) is 4.79 Å². The van der Waals surface area contributed by atoms with Crippen LogP contribution in [0, 0.1) is 0 Å². The lowest BCUT2D eigenvalue weighted by Crippen LogP contribution is -2.19. The van der Waals surface area contributed by atoms with Crippen LogP contribution in [0.1, 0.15) is 16.7 Å². The van der Waals surface area contributed by atoms with E-state index in [-0.39, 0.29) is 12.3 Å². The molecule has 0 saturated heterocycles. The highest BCUT2D eigenvalue weighted by Crippen LogP contribution is 2.38. The number of hydrazone groups is 1. The fourth-order valence-electron chi connectivity index (χ4n) is 2.89. The van der Waals surface area contributed by atoms with Gasteiger partial charge in [0, 0.05) is 11.3 Å². The second-order valence-corrected chi connectivity index (χ2v) is 6.74. The molecule has 0 radical (unpaired) electrons. The number of nitrogens with one attached hydrogen (secondary N) is 1. The number of hydrogen-bond donors (Lipinski definition) is 2. The first-order chi connectivity index (χ1) is 15.1. The molecule has 7 heteroatoms. The van der Waals surface area contributed by atoms with E-state index >= 15 is 0 Å². The van der Waals surface area contributed by atoms with E-state index in [4.69, 9.17) is 19.9 Å². The molecule has 31 heavy (non-hydrogen) atoms. The Morgan fingerprint density at radius 1 is 0.968 bits per heavy atom. The molecule has 0 atom stereocenters. The highest BCUT2D eigenvalue weighted by Gasteiger charge is 2.14. The fraction of sp³-hybridized carbons (Fsp3) is 0.167. The van der Waals surface area contributed by atoms with Crippen molar-refractivity contribution in [3.63, 3.8) is 0 Å².